The molecule has 0 N–H and O–H groups in total. The van der Waals surface area contributed by atoms with Gasteiger partial charge in [-0.25, -0.2) is 0 Å². The van der Waals surface area contributed by atoms with Gasteiger partial charge in [0.05, 0.1) is 19.9 Å². The van der Waals surface area contributed by atoms with Crippen LogP contribution in [0.1, 0.15) is 47.5 Å². The van der Waals surface area contributed by atoms with E-state index in [1.165, 1.54) is 12.2 Å². The topological polar surface area (TPSA) is 30.9 Å². The molecule has 0 aromatic carbocycles. The van der Waals surface area contributed by atoms with Gasteiger partial charge in [-0.1, -0.05) is 20.8 Å². The predicted octanol–water partition coefficient (Wildman–Crippen LogP) is 3.36. The number of hydrogen-bond acceptors (Lipinski definition) is 5. The maximum absolute atomic E-state index is 6.30. The molecular formula is C16H33NO3S. The Hall–Kier alpha value is 0.190. The Bertz CT molecular complexity index is 281. The molecule has 0 aromatic heterocycles. The Morgan fingerprint density at radius 1 is 1.14 bits per heavy atom. The molecule has 5 heteroatoms. The zero-order valence-corrected chi connectivity index (χ0v) is 15.3. The molecule has 0 aliphatic carbocycles. The summed E-state index contributed by atoms with van der Waals surface area (Å²) < 4.78 is 18.1. The number of hydrogen-bond donors (Lipinski definition) is 0. The number of nitrogens with zero attached hydrogens (tertiary/aromatic N) is 1. The first-order chi connectivity index (χ1) is 10.0. The average molecular weight is 320 g/mol. The van der Waals surface area contributed by atoms with E-state index in [0.29, 0.717) is 19.9 Å². The lowest BCUT2D eigenvalue weighted by molar-refractivity contribution is -0.278. The summed E-state index contributed by atoms with van der Waals surface area (Å²) in [5, 5.41) is 0. The van der Waals surface area contributed by atoms with Crippen molar-refractivity contribution in [2.45, 2.75) is 58.8 Å². The van der Waals surface area contributed by atoms with E-state index >= 15 is 0 Å². The monoisotopic (exact) mass is 319 g/mol. The van der Waals surface area contributed by atoms with Gasteiger partial charge in [0, 0.05) is 0 Å². The second kappa shape index (κ2) is 9.36. The summed E-state index contributed by atoms with van der Waals surface area (Å²) in [6.07, 6.45) is 2.15. The van der Waals surface area contributed by atoms with Gasteiger partial charge in [0.2, 0.25) is 0 Å². The van der Waals surface area contributed by atoms with Crippen molar-refractivity contribution < 1.29 is 14.2 Å². The molecule has 0 amide bonds. The van der Waals surface area contributed by atoms with Gasteiger partial charge in [0.25, 0.3) is 0 Å². The molecule has 0 aromatic rings. The van der Waals surface area contributed by atoms with Crippen molar-refractivity contribution in [2.24, 2.45) is 0 Å². The van der Waals surface area contributed by atoms with Gasteiger partial charge in [0.1, 0.15) is 5.60 Å². The minimum absolute atomic E-state index is 0.410. The lowest BCUT2D eigenvalue weighted by Gasteiger charge is -2.42. The Morgan fingerprint density at radius 3 is 2.29 bits per heavy atom. The van der Waals surface area contributed by atoms with Crippen LogP contribution in [0.5, 0.6) is 0 Å². The first-order valence-corrected chi connectivity index (χ1v) is 9.38. The number of ether oxygens (including phenoxy) is 3. The van der Waals surface area contributed by atoms with Gasteiger partial charge in [-0.3, -0.25) is 4.90 Å². The Kier molecular flexibility index (Phi) is 8.57. The average Bonchev–Trinajstić information content (AvgIpc) is 2.93. The van der Waals surface area contributed by atoms with Gasteiger partial charge in [-0.05, 0) is 51.3 Å². The first kappa shape index (κ1) is 19.2. The second-order valence-corrected chi connectivity index (χ2v) is 7.04. The highest BCUT2D eigenvalue weighted by molar-refractivity contribution is 7.99. The van der Waals surface area contributed by atoms with E-state index in [-0.39, 0.29) is 0 Å². The van der Waals surface area contributed by atoms with Crippen LogP contribution in [0, 0.1) is 0 Å². The molecular weight excluding hydrogens is 286 g/mol. The van der Waals surface area contributed by atoms with Crippen molar-refractivity contribution >= 4 is 11.8 Å². The molecule has 1 saturated heterocycles. The van der Waals surface area contributed by atoms with E-state index in [2.05, 4.69) is 32.6 Å². The van der Waals surface area contributed by atoms with Crippen molar-refractivity contribution in [3.8, 4) is 0 Å². The molecule has 1 atom stereocenters. The third kappa shape index (κ3) is 5.39. The zero-order valence-electron chi connectivity index (χ0n) is 14.4. The van der Waals surface area contributed by atoms with Crippen LogP contribution >= 0.6 is 11.8 Å². The van der Waals surface area contributed by atoms with Gasteiger partial charge in [0.15, 0.2) is 5.79 Å². The SMILES string of the molecule is CCCSCCC(C)(OCN(CC)CC)C1(C)OCCO1. The molecule has 0 radical (unpaired) electrons. The van der Waals surface area contributed by atoms with E-state index < -0.39 is 11.4 Å². The fraction of sp³-hybridized carbons (Fsp3) is 1.00. The highest BCUT2D eigenvalue weighted by Gasteiger charge is 2.50. The minimum atomic E-state index is -0.632. The van der Waals surface area contributed by atoms with Crippen molar-refractivity contribution in [3.05, 3.63) is 0 Å². The molecule has 21 heavy (non-hydrogen) atoms. The largest absolute Gasteiger partial charge is 0.354 e. The predicted molar refractivity (Wildman–Crippen MR) is 89.8 cm³/mol. The minimum Gasteiger partial charge on any atom is -0.354 e. The van der Waals surface area contributed by atoms with Crippen LogP contribution in [-0.4, -0.2) is 60.8 Å². The molecule has 4 nitrogen and oxygen atoms in total. The van der Waals surface area contributed by atoms with Crippen molar-refractivity contribution in [3.63, 3.8) is 0 Å². The fourth-order valence-electron chi connectivity index (χ4n) is 2.40. The van der Waals surface area contributed by atoms with E-state index in [1.807, 2.05) is 18.7 Å². The van der Waals surface area contributed by atoms with Crippen LogP contribution in [0.25, 0.3) is 0 Å². The standard InChI is InChI=1S/C16H33NO3S/c1-6-12-21-13-9-15(4,16(5)18-10-11-19-16)20-14-17(7-2)8-3/h6-14H2,1-5H3. The van der Waals surface area contributed by atoms with E-state index in [9.17, 15) is 0 Å². The smallest absolute Gasteiger partial charge is 0.194 e. The lowest BCUT2D eigenvalue weighted by Crippen LogP contribution is -2.54. The van der Waals surface area contributed by atoms with E-state index in [0.717, 1.165) is 25.3 Å². The summed E-state index contributed by atoms with van der Waals surface area (Å²) in [5.41, 5.74) is -0.410. The first-order valence-electron chi connectivity index (χ1n) is 8.23. The highest BCUT2D eigenvalue weighted by atomic mass is 32.2. The van der Waals surface area contributed by atoms with Gasteiger partial charge in [-0.15, -0.1) is 0 Å². The van der Waals surface area contributed by atoms with Gasteiger partial charge in [-0.2, -0.15) is 11.8 Å². The summed E-state index contributed by atoms with van der Waals surface area (Å²) in [4.78, 5) is 2.27. The normalized spacial score (nSPS) is 20.9. The van der Waals surface area contributed by atoms with Crippen molar-refractivity contribution in [2.75, 3.05) is 44.5 Å². The third-order valence-corrected chi connectivity index (χ3v) is 5.52. The second-order valence-electron chi connectivity index (χ2n) is 5.81. The number of rotatable bonds is 11. The molecule has 0 spiro atoms. The summed E-state index contributed by atoms with van der Waals surface area (Å²) in [6, 6.07) is 0. The molecule has 1 fully saturated rings. The van der Waals surface area contributed by atoms with Crippen molar-refractivity contribution in [1.29, 1.82) is 0 Å². The van der Waals surface area contributed by atoms with Crippen LogP contribution in [-0.2, 0) is 14.2 Å². The maximum Gasteiger partial charge on any atom is 0.194 e. The lowest BCUT2D eigenvalue weighted by atomic mass is 9.93. The fourth-order valence-corrected chi connectivity index (χ4v) is 3.43. The molecule has 1 aliphatic rings. The van der Waals surface area contributed by atoms with Crippen molar-refractivity contribution in [1.82, 2.24) is 4.90 Å². The van der Waals surface area contributed by atoms with Crippen LogP contribution in [0.4, 0.5) is 0 Å². The van der Waals surface area contributed by atoms with Crippen LogP contribution in [0.3, 0.4) is 0 Å². The molecule has 0 bridgehead atoms. The third-order valence-electron chi connectivity index (χ3n) is 4.33. The Balaban J connectivity index is 2.64. The van der Waals surface area contributed by atoms with E-state index in [1.54, 1.807) is 0 Å². The molecule has 1 unspecified atom stereocenters. The zero-order chi connectivity index (χ0) is 15.8. The Morgan fingerprint density at radius 2 is 1.76 bits per heavy atom. The highest BCUT2D eigenvalue weighted by Crippen LogP contribution is 2.37. The Labute approximate surface area is 134 Å². The van der Waals surface area contributed by atoms with Gasteiger partial charge >= 0.3 is 0 Å². The molecule has 126 valence electrons. The molecule has 1 aliphatic heterocycles. The summed E-state index contributed by atoms with van der Waals surface area (Å²) in [5.74, 6) is 1.64. The number of thioether (sulfide) groups is 1. The quantitative estimate of drug-likeness (QED) is 0.430. The van der Waals surface area contributed by atoms with E-state index in [4.69, 9.17) is 14.2 Å². The van der Waals surface area contributed by atoms with Crippen LogP contribution < -0.4 is 0 Å². The summed E-state index contributed by atoms with van der Waals surface area (Å²) in [6.45, 7) is 14.6. The molecule has 1 rings (SSSR count). The summed E-state index contributed by atoms with van der Waals surface area (Å²) >= 11 is 1.98. The summed E-state index contributed by atoms with van der Waals surface area (Å²) in [7, 11) is 0. The van der Waals surface area contributed by atoms with Gasteiger partial charge < -0.3 is 14.2 Å². The van der Waals surface area contributed by atoms with Crippen LogP contribution in [0.15, 0.2) is 0 Å². The van der Waals surface area contributed by atoms with Crippen LogP contribution in [0.2, 0.25) is 0 Å². The molecule has 0 saturated carbocycles. The maximum atomic E-state index is 6.30. The molecule has 1 heterocycles.